The molecule has 25 heavy (non-hydrogen) atoms. The highest BCUT2D eigenvalue weighted by molar-refractivity contribution is 6.32. The third kappa shape index (κ3) is 4.67. The first kappa shape index (κ1) is 19.1. The number of carbonyl (C=O) groups is 1. The lowest BCUT2D eigenvalue weighted by Gasteiger charge is -2.23. The molecule has 0 aliphatic carbocycles. The summed E-state index contributed by atoms with van der Waals surface area (Å²) in [6.45, 7) is 6.04. The summed E-state index contributed by atoms with van der Waals surface area (Å²) in [5.41, 5.74) is 2.81. The van der Waals surface area contributed by atoms with E-state index >= 15 is 0 Å². The lowest BCUT2D eigenvalue weighted by Crippen LogP contribution is -2.37. The second kappa shape index (κ2) is 8.26. The smallest absolute Gasteiger partial charge is 0.263 e. The zero-order chi connectivity index (χ0) is 18.6. The van der Waals surface area contributed by atoms with E-state index in [2.05, 4.69) is 0 Å². The molecule has 0 N–H and O–H groups in total. The number of aryl methyl sites for hydroxylation is 2. The van der Waals surface area contributed by atoms with Crippen molar-refractivity contribution in [3.8, 4) is 11.5 Å². The van der Waals surface area contributed by atoms with Crippen LogP contribution in [0.2, 0.25) is 5.02 Å². The van der Waals surface area contributed by atoms with Crippen molar-refractivity contribution in [1.82, 2.24) is 4.90 Å². The maximum atomic E-state index is 12.6. The van der Waals surface area contributed by atoms with Gasteiger partial charge in [0, 0.05) is 24.2 Å². The zero-order valence-electron chi connectivity index (χ0n) is 15.3. The minimum absolute atomic E-state index is 0.101. The van der Waals surface area contributed by atoms with Gasteiger partial charge >= 0.3 is 0 Å². The summed E-state index contributed by atoms with van der Waals surface area (Å²) < 4.78 is 11.2. The standard InChI is InChI=1S/C20H24ClNO3/c1-13-10-17(11-14(2)19(13)21)25-15(3)20(23)22(4)12-16-8-6-7-9-18(16)24-5/h6-11,15H,12H2,1-5H3/t15-/m0/s1. The predicted molar refractivity (Wildman–Crippen MR) is 100 cm³/mol. The van der Waals surface area contributed by atoms with Crippen LogP contribution in [-0.4, -0.2) is 31.1 Å². The van der Waals surface area contributed by atoms with E-state index in [0.29, 0.717) is 12.3 Å². The molecule has 0 aromatic heterocycles. The van der Waals surface area contributed by atoms with Gasteiger partial charge in [0.25, 0.3) is 5.91 Å². The Morgan fingerprint density at radius 2 is 1.80 bits per heavy atom. The minimum atomic E-state index is -0.598. The summed E-state index contributed by atoms with van der Waals surface area (Å²) in [6, 6.07) is 11.3. The number of amides is 1. The van der Waals surface area contributed by atoms with E-state index in [1.54, 1.807) is 26.0 Å². The van der Waals surface area contributed by atoms with Crippen molar-refractivity contribution in [1.29, 1.82) is 0 Å². The molecule has 2 rings (SSSR count). The number of carbonyl (C=O) groups excluding carboxylic acids is 1. The first-order valence-electron chi connectivity index (χ1n) is 8.13. The van der Waals surface area contributed by atoms with E-state index in [-0.39, 0.29) is 5.91 Å². The SMILES string of the molecule is COc1ccccc1CN(C)C(=O)[C@H](C)Oc1cc(C)c(Cl)c(C)c1. The average Bonchev–Trinajstić information content (AvgIpc) is 2.59. The van der Waals surface area contributed by atoms with Crippen LogP contribution in [0.4, 0.5) is 0 Å². The molecule has 1 amide bonds. The van der Waals surface area contributed by atoms with Gasteiger partial charge in [-0.1, -0.05) is 29.8 Å². The summed E-state index contributed by atoms with van der Waals surface area (Å²) in [6.07, 6.45) is -0.598. The molecule has 0 saturated carbocycles. The molecular weight excluding hydrogens is 338 g/mol. The summed E-state index contributed by atoms with van der Waals surface area (Å²) in [7, 11) is 3.38. The van der Waals surface area contributed by atoms with Crippen molar-refractivity contribution in [2.45, 2.75) is 33.4 Å². The van der Waals surface area contributed by atoms with Crippen LogP contribution in [-0.2, 0) is 11.3 Å². The van der Waals surface area contributed by atoms with E-state index in [4.69, 9.17) is 21.1 Å². The number of para-hydroxylation sites is 1. The Kier molecular flexibility index (Phi) is 6.32. The second-order valence-electron chi connectivity index (χ2n) is 6.14. The van der Waals surface area contributed by atoms with E-state index < -0.39 is 6.10 Å². The molecule has 4 nitrogen and oxygen atoms in total. The Bertz CT molecular complexity index is 737. The minimum Gasteiger partial charge on any atom is -0.496 e. The van der Waals surface area contributed by atoms with Crippen LogP contribution in [0.3, 0.4) is 0 Å². The molecule has 0 radical (unpaired) electrons. The number of ether oxygens (including phenoxy) is 2. The third-order valence-electron chi connectivity index (χ3n) is 4.05. The van der Waals surface area contributed by atoms with Crippen LogP contribution in [0.5, 0.6) is 11.5 Å². The van der Waals surface area contributed by atoms with Gasteiger partial charge in [-0.15, -0.1) is 0 Å². The van der Waals surface area contributed by atoms with Gasteiger partial charge in [-0.25, -0.2) is 0 Å². The van der Waals surface area contributed by atoms with Gasteiger partial charge in [0.15, 0.2) is 6.10 Å². The molecule has 0 fully saturated rings. The Morgan fingerprint density at radius 1 is 1.20 bits per heavy atom. The fourth-order valence-electron chi connectivity index (χ4n) is 2.71. The molecular formula is C20H24ClNO3. The second-order valence-corrected chi connectivity index (χ2v) is 6.52. The van der Waals surface area contributed by atoms with Gasteiger partial charge in [0.1, 0.15) is 11.5 Å². The quantitative estimate of drug-likeness (QED) is 0.765. The maximum Gasteiger partial charge on any atom is 0.263 e. The van der Waals surface area contributed by atoms with Gasteiger partial charge in [-0.05, 0) is 50.1 Å². The van der Waals surface area contributed by atoms with Gasteiger partial charge in [0.2, 0.25) is 0 Å². The number of benzene rings is 2. The van der Waals surface area contributed by atoms with Crippen LogP contribution in [0, 0.1) is 13.8 Å². The Hall–Kier alpha value is -2.20. The lowest BCUT2D eigenvalue weighted by molar-refractivity contribution is -0.137. The van der Waals surface area contributed by atoms with E-state index in [1.807, 2.05) is 50.2 Å². The molecule has 2 aromatic rings. The summed E-state index contributed by atoms with van der Waals surface area (Å²) >= 11 is 6.18. The van der Waals surface area contributed by atoms with Crippen LogP contribution in [0.25, 0.3) is 0 Å². The van der Waals surface area contributed by atoms with Gasteiger partial charge in [0.05, 0.1) is 7.11 Å². The molecule has 134 valence electrons. The molecule has 0 heterocycles. The van der Waals surface area contributed by atoms with Crippen molar-refractivity contribution in [2.24, 2.45) is 0 Å². The highest BCUT2D eigenvalue weighted by Crippen LogP contribution is 2.27. The van der Waals surface area contributed by atoms with Crippen molar-refractivity contribution in [3.05, 3.63) is 58.1 Å². The molecule has 0 spiro atoms. The summed E-state index contributed by atoms with van der Waals surface area (Å²) in [5, 5.41) is 0.722. The van der Waals surface area contributed by atoms with Crippen LogP contribution < -0.4 is 9.47 Å². The molecule has 1 atom stereocenters. The first-order chi connectivity index (χ1) is 11.8. The fourth-order valence-corrected chi connectivity index (χ4v) is 2.82. The van der Waals surface area contributed by atoms with Crippen molar-refractivity contribution in [3.63, 3.8) is 0 Å². The highest BCUT2D eigenvalue weighted by Gasteiger charge is 2.20. The maximum absolute atomic E-state index is 12.6. The molecule has 5 heteroatoms. The number of hydrogen-bond acceptors (Lipinski definition) is 3. The largest absolute Gasteiger partial charge is 0.496 e. The van der Waals surface area contributed by atoms with Crippen LogP contribution in [0.15, 0.2) is 36.4 Å². The molecule has 0 aliphatic heterocycles. The number of likely N-dealkylation sites (N-methyl/N-ethyl adjacent to an activating group) is 1. The van der Waals surface area contributed by atoms with E-state index in [9.17, 15) is 4.79 Å². The highest BCUT2D eigenvalue weighted by atomic mass is 35.5. The monoisotopic (exact) mass is 361 g/mol. The zero-order valence-corrected chi connectivity index (χ0v) is 16.1. The molecule has 0 saturated heterocycles. The fraction of sp³-hybridized carbons (Fsp3) is 0.350. The molecule has 0 unspecified atom stereocenters. The topological polar surface area (TPSA) is 38.8 Å². The average molecular weight is 362 g/mol. The predicted octanol–water partition coefficient (Wildman–Crippen LogP) is 4.39. The van der Waals surface area contributed by atoms with Crippen LogP contribution in [0.1, 0.15) is 23.6 Å². The van der Waals surface area contributed by atoms with E-state index in [1.165, 1.54) is 0 Å². The Labute approximate surface area is 154 Å². The van der Waals surface area contributed by atoms with Crippen molar-refractivity contribution in [2.75, 3.05) is 14.2 Å². The normalized spacial score (nSPS) is 11.8. The van der Waals surface area contributed by atoms with Crippen molar-refractivity contribution < 1.29 is 14.3 Å². The van der Waals surface area contributed by atoms with Gasteiger partial charge < -0.3 is 14.4 Å². The number of nitrogens with zero attached hydrogens (tertiary/aromatic N) is 1. The van der Waals surface area contributed by atoms with E-state index in [0.717, 1.165) is 27.5 Å². The van der Waals surface area contributed by atoms with Crippen LogP contribution >= 0.6 is 11.6 Å². The van der Waals surface area contributed by atoms with Gasteiger partial charge in [-0.3, -0.25) is 4.79 Å². The Balaban J connectivity index is 2.06. The third-order valence-corrected chi connectivity index (χ3v) is 4.64. The number of halogens is 1. The first-order valence-corrected chi connectivity index (χ1v) is 8.51. The summed E-state index contributed by atoms with van der Waals surface area (Å²) in [4.78, 5) is 14.3. The van der Waals surface area contributed by atoms with Gasteiger partial charge in [-0.2, -0.15) is 0 Å². The molecule has 0 aliphatic rings. The number of methoxy groups -OCH3 is 1. The molecule has 2 aromatic carbocycles. The van der Waals surface area contributed by atoms with Crippen molar-refractivity contribution >= 4 is 17.5 Å². The summed E-state index contributed by atoms with van der Waals surface area (Å²) in [5.74, 6) is 1.31. The Morgan fingerprint density at radius 3 is 2.40 bits per heavy atom. The molecule has 0 bridgehead atoms. The number of hydrogen-bond donors (Lipinski definition) is 0. The lowest BCUT2D eigenvalue weighted by atomic mass is 10.1. The number of rotatable bonds is 6.